The van der Waals surface area contributed by atoms with Crippen LogP contribution >= 0.6 is 11.6 Å². The summed E-state index contributed by atoms with van der Waals surface area (Å²) in [5, 5.41) is 23.6. The molecule has 2 aliphatic rings. The number of aryl methyl sites for hydroxylation is 1. The van der Waals surface area contributed by atoms with Crippen LogP contribution in [0.4, 0.5) is 5.69 Å². The van der Waals surface area contributed by atoms with Crippen LogP contribution in [0.3, 0.4) is 0 Å². The van der Waals surface area contributed by atoms with Gasteiger partial charge in [-0.3, -0.25) is 9.59 Å². The average molecular weight is 448 g/mol. The molecule has 168 valence electrons. The number of allylic oxidation sites excluding steroid dienone is 2. The topological polar surface area (TPSA) is 95.9 Å². The zero-order chi connectivity index (χ0) is 22.9. The van der Waals surface area contributed by atoms with Gasteiger partial charge in [0.25, 0.3) is 0 Å². The Morgan fingerprint density at radius 1 is 1.26 bits per heavy atom. The molecule has 3 N–H and O–H groups in total. The summed E-state index contributed by atoms with van der Waals surface area (Å²) in [4.78, 5) is 23.2. The summed E-state index contributed by atoms with van der Waals surface area (Å²) in [6, 6.07) is 3.76. The van der Waals surface area contributed by atoms with Gasteiger partial charge in [0, 0.05) is 13.3 Å². The number of nitrogens with one attached hydrogen (secondary N) is 1. The number of cyclic esters (lactones) is 1. The van der Waals surface area contributed by atoms with E-state index in [0.29, 0.717) is 30.0 Å². The second-order valence-corrected chi connectivity index (χ2v) is 9.56. The van der Waals surface area contributed by atoms with Crippen LogP contribution in [-0.4, -0.2) is 40.4 Å². The van der Waals surface area contributed by atoms with Crippen molar-refractivity contribution < 1.29 is 24.5 Å². The molecule has 1 aliphatic heterocycles. The Morgan fingerprint density at radius 3 is 2.58 bits per heavy atom. The van der Waals surface area contributed by atoms with Gasteiger partial charge >= 0.3 is 5.97 Å². The van der Waals surface area contributed by atoms with Crippen molar-refractivity contribution in [1.29, 1.82) is 0 Å². The van der Waals surface area contributed by atoms with Gasteiger partial charge in [0.05, 0.1) is 29.3 Å². The van der Waals surface area contributed by atoms with Gasteiger partial charge in [-0.05, 0) is 65.7 Å². The summed E-state index contributed by atoms with van der Waals surface area (Å²) in [7, 11) is 0. The molecular formula is C24H30ClNO5. The number of hydrogen-bond acceptors (Lipinski definition) is 5. The Balaban J connectivity index is 2.04. The predicted molar refractivity (Wildman–Crippen MR) is 121 cm³/mol. The van der Waals surface area contributed by atoms with Gasteiger partial charge in [-0.2, -0.15) is 0 Å². The molecule has 3 atom stereocenters. The summed E-state index contributed by atoms with van der Waals surface area (Å²) < 4.78 is 5.35. The van der Waals surface area contributed by atoms with E-state index in [9.17, 15) is 19.8 Å². The molecule has 1 amide bonds. The number of halogens is 1. The molecule has 1 fully saturated rings. The number of hydrogen-bond donors (Lipinski definition) is 3. The van der Waals surface area contributed by atoms with Crippen LogP contribution in [0.15, 0.2) is 29.9 Å². The molecule has 6 nitrogen and oxygen atoms in total. The third-order valence-corrected chi connectivity index (χ3v) is 6.14. The first-order chi connectivity index (χ1) is 14.5. The molecule has 1 aromatic rings. The summed E-state index contributed by atoms with van der Waals surface area (Å²) in [6.07, 6.45) is 3.53. The van der Waals surface area contributed by atoms with Crippen LogP contribution in [-0.2, 0) is 14.3 Å². The van der Waals surface area contributed by atoms with E-state index >= 15 is 0 Å². The van der Waals surface area contributed by atoms with Crippen LogP contribution in [0.25, 0.3) is 5.57 Å². The molecule has 1 unspecified atom stereocenters. The van der Waals surface area contributed by atoms with Crippen molar-refractivity contribution in [3.63, 3.8) is 0 Å². The molecular weight excluding hydrogens is 418 g/mol. The zero-order valence-corrected chi connectivity index (χ0v) is 19.1. The first kappa shape index (κ1) is 23.5. The van der Waals surface area contributed by atoms with E-state index in [-0.39, 0.29) is 17.7 Å². The molecule has 1 saturated heterocycles. The van der Waals surface area contributed by atoms with E-state index in [1.54, 1.807) is 0 Å². The highest BCUT2D eigenvalue weighted by atomic mass is 35.5. The number of aliphatic hydroxyl groups is 2. The highest BCUT2D eigenvalue weighted by molar-refractivity contribution is 6.34. The van der Waals surface area contributed by atoms with Crippen molar-refractivity contribution in [2.45, 2.75) is 71.7 Å². The zero-order valence-electron chi connectivity index (χ0n) is 18.4. The number of rotatable bonds is 4. The van der Waals surface area contributed by atoms with Gasteiger partial charge in [0.2, 0.25) is 5.91 Å². The normalized spacial score (nSPS) is 26.2. The summed E-state index contributed by atoms with van der Waals surface area (Å²) >= 11 is 6.48. The van der Waals surface area contributed by atoms with Crippen LogP contribution in [0.2, 0.25) is 5.02 Å². The highest BCUT2D eigenvalue weighted by Gasteiger charge is 2.34. The smallest absolute Gasteiger partial charge is 0.309 e. The number of esters is 1. The standard InChI is InChI=1S/C24H30ClNO5/c1-13-7-15(8-21(25)23(13)26-14(2)27)19-10-17(29)12-24(3,4)20(19)6-5-18-9-16(28)11-22(30)31-18/h5-8,16-18,28-29H,9-12H2,1-4H3,(H,26,27)/b6-5+/t16-,17?,18-/m1/s1. The molecule has 0 aromatic heterocycles. The molecule has 1 aliphatic carbocycles. The maximum Gasteiger partial charge on any atom is 0.309 e. The lowest BCUT2D eigenvalue weighted by molar-refractivity contribution is -0.156. The molecule has 0 saturated carbocycles. The van der Waals surface area contributed by atoms with Gasteiger partial charge < -0.3 is 20.3 Å². The van der Waals surface area contributed by atoms with E-state index < -0.39 is 24.3 Å². The summed E-state index contributed by atoms with van der Waals surface area (Å²) in [6.45, 7) is 7.45. The van der Waals surface area contributed by atoms with E-state index in [0.717, 1.165) is 22.3 Å². The third kappa shape index (κ3) is 5.56. The second kappa shape index (κ2) is 9.15. The van der Waals surface area contributed by atoms with Gasteiger partial charge in [-0.25, -0.2) is 0 Å². The number of aliphatic hydroxyl groups excluding tert-OH is 2. The molecule has 7 heteroatoms. The number of ether oxygens (including phenoxy) is 1. The minimum absolute atomic E-state index is 0.0222. The fourth-order valence-corrected chi connectivity index (χ4v) is 4.82. The van der Waals surface area contributed by atoms with E-state index in [4.69, 9.17) is 16.3 Å². The first-order valence-corrected chi connectivity index (χ1v) is 10.9. The lowest BCUT2D eigenvalue weighted by Crippen LogP contribution is -2.32. The Labute approximate surface area is 187 Å². The fraction of sp³-hybridized carbons (Fsp3) is 0.500. The minimum atomic E-state index is -0.701. The van der Waals surface area contributed by atoms with E-state index in [1.807, 2.05) is 31.2 Å². The lowest BCUT2D eigenvalue weighted by atomic mass is 9.69. The molecule has 3 rings (SSSR count). The summed E-state index contributed by atoms with van der Waals surface area (Å²) in [5.41, 5.74) is 3.95. The van der Waals surface area contributed by atoms with E-state index in [1.165, 1.54) is 6.92 Å². The second-order valence-electron chi connectivity index (χ2n) is 9.15. The molecule has 31 heavy (non-hydrogen) atoms. The molecule has 0 bridgehead atoms. The van der Waals surface area contributed by atoms with Gasteiger partial charge in [0.1, 0.15) is 6.10 Å². The van der Waals surface area contributed by atoms with Gasteiger partial charge in [0.15, 0.2) is 0 Å². The van der Waals surface area contributed by atoms with Crippen LogP contribution in [0.5, 0.6) is 0 Å². The number of carbonyl (C=O) groups is 2. The van der Waals surface area contributed by atoms with Crippen LogP contribution in [0, 0.1) is 12.3 Å². The monoisotopic (exact) mass is 447 g/mol. The molecule has 1 aromatic carbocycles. The van der Waals surface area contributed by atoms with Crippen molar-refractivity contribution in [3.8, 4) is 0 Å². The molecule has 0 spiro atoms. The largest absolute Gasteiger partial charge is 0.458 e. The molecule has 1 heterocycles. The van der Waals surface area contributed by atoms with Crippen molar-refractivity contribution >= 4 is 34.7 Å². The first-order valence-electron chi connectivity index (χ1n) is 10.5. The predicted octanol–water partition coefficient (Wildman–Crippen LogP) is 4.16. The van der Waals surface area contributed by atoms with Crippen molar-refractivity contribution in [2.24, 2.45) is 5.41 Å². The quantitative estimate of drug-likeness (QED) is 0.602. The Hall–Kier alpha value is -2.15. The summed E-state index contributed by atoms with van der Waals surface area (Å²) in [5.74, 6) is -0.601. The Morgan fingerprint density at radius 2 is 1.97 bits per heavy atom. The maximum absolute atomic E-state index is 11.7. The van der Waals surface area contributed by atoms with Crippen LogP contribution in [0.1, 0.15) is 57.6 Å². The third-order valence-electron chi connectivity index (χ3n) is 5.84. The number of anilines is 1. The number of carbonyl (C=O) groups excluding carboxylic acids is 2. The van der Waals surface area contributed by atoms with Crippen molar-refractivity contribution in [2.75, 3.05) is 5.32 Å². The number of amides is 1. The van der Waals surface area contributed by atoms with Crippen LogP contribution < -0.4 is 5.32 Å². The lowest BCUT2D eigenvalue weighted by Gasteiger charge is -2.37. The van der Waals surface area contributed by atoms with Crippen molar-refractivity contribution in [3.05, 3.63) is 46.0 Å². The van der Waals surface area contributed by atoms with Gasteiger partial charge in [-0.1, -0.05) is 31.5 Å². The number of benzene rings is 1. The van der Waals surface area contributed by atoms with E-state index in [2.05, 4.69) is 19.2 Å². The van der Waals surface area contributed by atoms with Gasteiger partial charge in [-0.15, -0.1) is 0 Å². The Bertz CT molecular complexity index is 926. The SMILES string of the molecule is CC(=O)Nc1c(C)cc(C2=C(/C=C/[C@@H]3C[C@@H](O)CC(=O)O3)C(C)(C)CC(O)C2)cc1Cl. The van der Waals surface area contributed by atoms with Crippen molar-refractivity contribution in [1.82, 2.24) is 0 Å². The average Bonchev–Trinajstić information content (AvgIpc) is 2.61. The fourth-order valence-electron chi connectivity index (χ4n) is 4.51. The minimum Gasteiger partial charge on any atom is -0.458 e. The Kier molecular flexibility index (Phi) is 6.94. The molecule has 0 radical (unpaired) electrons. The highest BCUT2D eigenvalue weighted by Crippen LogP contribution is 2.46. The maximum atomic E-state index is 11.7.